The van der Waals surface area contributed by atoms with E-state index in [4.69, 9.17) is 39.8 Å². The molecule has 1 aliphatic heterocycles. The molecule has 5 nitrogen and oxygen atoms in total. The second-order valence-electron chi connectivity index (χ2n) is 7.30. The van der Waals surface area contributed by atoms with Crippen LogP contribution in [0, 0.1) is 6.92 Å². The first-order valence-electron chi connectivity index (χ1n) is 9.80. The minimum absolute atomic E-state index is 0.228. The molecule has 1 N–H and O–H groups in total. The summed E-state index contributed by atoms with van der Waals surface area (Å²) in [6, 6.07) is 12.6. The maximum atomic E-state index is 13.1. The number of hydrogen-bond acceptors (Lipinski definition) is 3. The zero-order valence-electron chi connectivity index (χ0n) is 16.5. The number of aromatic nitrogens is 2. The van der Waals surface area contributed by atoms with Gasteiger partial charge in [0.2, 0.25) is 0 Å². The van der Waals surface area contributed by atoms with Crippen molar-refractivity contribution in [3.05, 3.63) is 68.9 Å². The summed E-state index contributed by atoms with van der Waals surface area (Å²) in [5, 5.41) is 3.60. The maximum absolute atomic E-state index is 13.1. The summed E-state index contributed by atoms with van der Waals surface area (Å²) in [4.78, 5) is 17.8. The van der Waals surface area contributed by atoms with Gasteiger partial charge >= 0.3 is 0 Å². The molecule has 4 rings (SSSR count). The highest BCUT2D eigenvalue weighted by molar-refractivity contribution is 6.35. The number of nitrogens with zero attached hydrogens (tertiary/aromatic N) is 3. The third-order valence-electron chi connectivity index (χ3n) is 5.19. The molecule has 0 bridgehead atoms. The maximum Gasteiger partial charge on any atom is 0.286 e. The zero-order valence-corrected chi connectivity index (χ0v) is 18.7. The van der Waals surface area contributed by atoms with Crippen LogP contribution in [0.25, 0.3) is 17.1 Å². The van der Waals surface area contributed by atoms with Crippen molar-refractivity contribution in [2.24, 2.45) is 0 Å². The Morgan fingerprint density at radius 2 is 1.63 bits per heavy atom. The Balaban J connectivity index is 1.80. The highest BCUT2D eigenvalue weighted by Gasteiger charge is 2.24. The highest BCUT2D eigenvalue weighted by Crippen LogP contribution is 2.32. The number of halogens is 3. The summed E-state index contributed by atoms with van der Waals surface area (Å²) in [6.07, 6.45) is 3.34. The SMILES string of the molecule is Cc1c(C(=O)NN2CCCCC2)nc(-c2ccc(Cl)cc2)n1-c1ccc(Cl)cc1Cl. The summed E-state index contributed by atoms with van der Waals surface area (Å²) in [5.41, 5.74) is 5.57. The van der Waals surface area contributed by atoms with E-state index in [-0.39, 0.29) is 5.91 Å². The Bertz CT molecular complexity index is 1070. The molecule has 2 aromatic carbocycles. The van der Waals surface area contributed by atoms with Crippen LogP contribution < -0.4 is 5.43 Å². The predicted molar refractivity (Wildman–Crippen MR) is 122 cm³/mol. The molecule has 1 aliphatic rings. The van der Waals surface area contributed by atoms with Gasteiger partial charge in [0.05, 0.1) is 16.4 Å². The molecule has 3 aromatic rings. The average Bonchev–Trinajstić information content (AvgIpc) is 3.06. The van der Waals surface area contributed by atoms with Crippen molar-refractivity contribution in [2.45, 2.75) is 26.2 Å². The molecule has 0 unspecified atom stereocenters. The summed E-state index contributed by atoms with van der Waals surface area (Å²) < 4.78 is 1.88. The average molecular weight is 464 g/mol. The number of benzene rings is 2. The number of hydrogen-bond donors (Lipinski definition) is 1. The van der Waals surface area contributed by atoms with E-state index in [1.54, 1.807) is 24.3 Å². The van der Waals surface area contributed by atoms with Crippen LogP contribution >= 0.6 is 34.8 Å². The summed E-state index contributed by atoms with van der Waals surface area (Å²) >= 11 is 18.7. The van der Waals surface area contributed by atoms with Crippen molar-refractivity contribution in [3.63, 3.8) is 0 Å². The fraction of sp³-hybridized carbons (Fsp3) is 0.273. The number of carbonyl (C=O) groups is 1. The molecule has 2 heterocycles. The van der Waals surface area contributed by atoms with Gasteiger partial charge in [-0.05, 0) is 62.2 Å². The minimum Gasteiger partial charge on any atom is -0.295 e. The fourth-order valence-corrected chi connectivity index (χ4v) is 4.29. The van der Waals surface area contributed by atoms with E-state index in [9.17, 15) is 4.79 Å². The van der Waals surface area contributed by atoms with Gasteiger partial charge in [-0.25, -0.2) is 9.99 Å². The third kappa shape index (κ3) is 4.35. The Hall–Kier alpha value is -2.05. The predicted octanol–water partition coefficient (Wildman–Crippen LogP) is 5.94. The van der Waals surface area contributed by atoms with Crippen molar-refractivity contribution in [2.75, 3.05) is 13.1 Å². The quantitative estimate of drug-likeness (QED) is 0.521. The Kier molecular flexibility index (Phi) is 6.34. The largest absolute Gasteiger partial charge is 0.295 e. The van der Waals surface area contributed by atoms with E-state index in [1.165, 1.54) is 6.42 Å². The molecule has 1 aromatic heterocycles. The lowest BCUT2D eigenvalue weighted by molar-refractivity contribution is 0.0744. The Morgan fingerprint density at radius 1 is 0.967 bits per heavy atom. The Labute approximate surface area is 190 Å². The van der Waals surface area contributed by atoms with Crippen LogP contribution in [0.2, 0.25) is 15.1 Å². The molecular weight excluding hydrogens is 443 g/mol. The number of rotatable bonds is 4. The monoisotopic (exact) mass is 462 g/mol. The first kappa shape index (κ1) is 21.2. The molecule has 1 amide bonds. The fourth-order valence-electron chi connectivity index (χ4n) is 3.67. The van der Waals surface area contributed by atoms with Gasteiger partial charge in [0.15, 0.2) is 5.69 Å². The van der Waals surface area contributed by atoms with Crippen LogP contribution in [0.4, 0.5) is 0 Å². The van der Waals surface area contributed by atoms with Gasteiger partial charge in [-0.1, -0.05) is 41.2 Å². The summed E-state index contributed by atoms with van der Waals surface area (Å²) in [5.74, 6) is 0.380. The van der Waals surface area contributed by atoms with Gasteiger partial charge in [0.25, 0.3) is 5.91 Å². The van der Waals surface area contributed by atoms with E-state index in [0.717, 1.165) is 31.5 Å². The van der Waals surface area contributed by atoms with Gasteiger partial charge in [-0.3, -0.25) is 14.8 Å². The van der Waals surface area contributed by atoms with E-state index in [0.29, 0.717) is 38.0 Å². The molecule has 30 heavy (non-hydrogen) atoms. The lowest BCUT2D eigenvalue weighted by atomic mass is 10.2. The number of carbonyl (C=O) groups excluding carboxylic acids is 1. The van der Waals surface area contributed by atoms with Crippen molar-refractivity contribution in [1.82, 2.24) is 20.0 Å². The van der Waals surface area contributed by atoms with Crippen molar-refractivity contribution < 1.29 is 4.79 Å². The van der Waals surface area contributed by atoms with Gasteiger partial charge in [-0.15, -0.1) is 0 Å². The molecule has 0 radical (unpaired) electrons. The number of hydrazine groups is 1. The van der Waals surface area contributed by atoms with Crippen LogP contribution in [0.5, 0.6) is 0 Å². The molecule has 156 valence electrons. The summed E-state index contributed by atoms with van der Waals surface area (Å²) in [7, 11) is 0. The van der Waals surface area contributed by atoms with Crippen molar-refractivity contribution in [1.29, 1.82) is 0 Å². The molecule has 1 fully saturated rings. The molecular formula is C22H21Cl3N4O. The minimum atomic E-state index is -0.228. The second kappa shape index (κ2) is 8.98. The van der Waals surface area contributed by atoms with Gasteiger partial charge in [-0.2, -0.15) is 0 Å². The standard InChI is InChI=1S/C22H21Cl3N4O/c1-14-20(22(30)27-28-11-3-2-4-12-28)26-21(15-5-7-16(23)8-6-15)29(14)19-10-9-17(24)13-18(19)25/h5-10,13H,2-4,11-12H2,1H3,(H,27,30). The Morgan fingerprint density at radius 3 is 2.30 bits per heavy atom. The van der Waals surface area contributed by atoms with Crippen molar-refractivity contribution in [3.8, 4) is 17.1 Å². The third-order valence-corrected chi connectivity index (χ3v) is 5.98. The molecule has 8 heteroatoms. The first-order valence-corrected chi connectivity index (χ1v) is 10.9. The molecule has 0 aliphatic carbocycles. The molecule has 0 spiro atoms. The number of imidazole rings is 1. The van der Waals surface area contributed by atoms with Crippen LogP contribution in [0.3, 0.4) is 0 Å². The van der Waals surface area contributed by atoms with Gasteiger partial charge in [0.1, 0.15) is 5.82 Å². The van der Waals surface area contributed by atoms with E-state index in [1.807, 2.05) is 34.7 Å². The smallest absolute Gasteiger partial charge is 0.286 e. The van der Waals surface area contributed by atoms with Crippen LogP contribution in [-0.2, 0) is 0 Å². The number of amides is 1. The van der Waals surface area contributed by atoms with E-state index < -0.39 is 0 Å². The second-order valence-corrected chi connectivity index (χ2v) is 8.58. The normalized spacial score (nSPS) is 14.7. The van der Waals surface area contributed by atoms with Gasteiger partial charge in [0, 0.05) is 28.7 Å². The first-order chi connectivity index (χ1) is 14.4. The van der Waals surface area contributed by atoms with Crippen molar-refractivity contribution >= 4 is 40.7 Å². The summed E-state index contributed by atoms with van der Waals surface area (Å²) in [6.45, 7) is 3.56. The van der Waals surface area contributed by atoms with E-state index in [2.05, 4.69) is 5.43 Å². The van der Waals surface area contributed by atoms with Crippen LogP contribution in [0.1, 0.15) is 35.4 Å². The van der Waals surface area contributed by atoms with Crippen LogP contribution in [0.15, 0.2) is 42.5 Å². The zero-order chi connectivity index (χ0) is 21.3. The van der Waals surface area contributed by atoms with Gasteiger partial charge < -0.3 is 0 Å². The highest BCUT2D eigenvalue weighted by atomic mass is 35.5. The van der Waals surface area contributed by atoms with Crippen LogP contribution in [-0.4, -0.2) is 33.6 Å². The van der Waals surface area contributed by atoms with E-state index >= 15 is 0 Å². The lowest BCUT2D eigenvalue weighted by Gasteiger charge is -2.26. The molecule has 0 atom stereocenters. The molecule has 0 saturated carbocycles. The number of piperidine rings is 1. The number of nitrogens with one attached hydrogen (secondary N) is 1. The topological polar surface area (TPSA) is 50.2 Å². The lowest BCUT2D eigenvalue weighted by Crippen LogP contribution is -2.45. The molecule has 1 saturated heterocycles.